The normalized spacial score (nSPS) is 14.4. The second-order valence-corrected chi connectivity index (χ2v) is 23.0. The molecule has 2 atom stereocenters. The van der Waals surface area contributed by atoms with Crippen molar-refractivity contribution in [3.05, 3.63) is 41.7 Å². The molecule has 1 fully saturated rings. The maximum absolute atomic E-state index is 13.4. The zero-order valence-electron chi connectivity index (χ0n) is 54.1. The Morgan fingerprint density at radius 1 is 0.580 bits per heavy atom. The first kappa shape index (κ1) is 77.6. The van der Waals surface area contributed by atoms with E-state index >= 15 is 0 Å². The molecule has 1 aliphatic heterocycles. The molecule has 0 radical (unpaired) electrons. The van der Waals surface area contributed by atoms with E-state index in [2.05, 4.69) is 52.4 Å². The molecule has 2 heterocycles. The van der Waals surface area contributed by atoms with Crippen LogP contribution in [0.5, 0.6) is 0 Å². The summed E-state index contributed by atoms with van der Waals surface area (Å²) in [6.07, 6.45) is 1.82. The van der Waals surface area contributed by atoms with E-state index in [-0.39, 0.29) is 48.6 Å². The van der Waals surface area contributed by atoms with Crippen LogP contribution in [-0.2, 0) is 105 Å². The van der Waals surface area contributed by atoms with Gasteiger partial charge in [-0.25, -0.2) is 9.48 Å². The lowest BCUT2D eigenvalue weighted by Gasteiger charge is -2.25. The highest BCUT2D eigenvalue weighted by Gasteiger charge is 2.65. The summed E-state index contributed by atoms with van der Waals surface area (Å²) < 4.78 is 78.9. The number of nitrogens with one attached hydrogen (secondary N) is 4. The van der Waals surface area contributed by atoms with Crippen LogP contribution in [0, 0.1) is 11.3 Å². The van der Waals surface area contributed by atoms with Crippen LogP contribution in [0.2, 0.25) is 0 Å². The van der Waals surface area contributed by atoms with Gasteiger partial charge in [-0.15, -0.1) is 5.10 Å². The fraction of sp³-hybridized carbons (Fsp3) is 0.800. The minimum atomic E-state index is -0.913. The Kier molecular flexibility index (Phi) is 41.0. The molecule has 6 N–H and O–H groups in total. The summed E-state index contributed by atoms with van der Waals surface area (Å²) in [6, 6.07) is 4.93. The average Bonchev–Trinajstić information content (AvgIpc) is 1.61. The van der Waals surface area contributed by atoms with E-state index < -0.39 is 35.9 Å². The first-order valence-electron chi connectivity index (χ1n) is 30.8. The number of carbonyl (C=O) groups is 4. The number of rotatable bonds is 56. The Morgan fingerprint density at radius 3 is 1.40 bits per heavy atom. The summed E-state index contributed by atoms with van der Waals surface area (Å²) in [5.74, 6) is -1.66. The average molecular weight is 1260 g/mol. The molecule has 28 heteroatoms. The number of ether oxygens (including phenoxy) is 14. The number of benzene rings is 1. The van der Waals surface area contributed by atoms with E-state index in [4.69, 9.17) is 76.9 Å². The molecule has 1 saturated heterocycles. The maximum atomic E-state index is 13.4. The molecule has 28 nitrogen and oxygen atoms in total. The summed E-state index contributed by atoms with van der Waals surface area (Å²) >= 11 is 0. The second-order valence-electron chi connectivity index (χ2n) is 23.0. The van der Waals surface area contributed by atoms with Crippen molar-refractivity contribution < 1.29 is 90.3 Å². The smallest absolute Gasteiger partial charge is 0.407 e. The van der Waals surface area contributed by atoms with Crippen molar-refractivity contribution in [1.29, 1.82) is 0 Å². The van der Waals surface area contributed by atoms with Crippen molar-refractivity contribution in [1.82, 2.24) is 36.0 Å². The van der Waals surface area contributed by atoms with Gasteiger partial charge in [0.25, 0.3) is 0 Å². The van der Waals surface area contributed by atoms with Gasteiger partial charge < -0.3 is 93.3 Å². The van der Waals surface area contributed by atoms with Crippen molar-refractivity contribution >= 4 is 29.5 Å². The standard InChI is InChI=1S/C60H107N9O19/c1-48(2)54(65-53(70)46-88-69-59(6,7)60(69,8)9)56(72)64-52(11-10-16-61)55(71)63-50-14-12-49(13-15-50)45-87-57(73)62-43-51-44-68(67-66-51)17-18-74-19-20-75-21-22-76-23-24-77-25-26-78-27-28-79-29-30-80-31-32-81-33-34-82-35-36-83-37-38-84-39-40-85-41-42-86-47-58(3,4)5/h12-15,44,48,52,54H,10-11,16-43,45-47,61H2,1-9H3,(H,62,73)(H,63,71)(H,64,72)(H,65,70)/t52?,54-/m0/s1. The van der Waals surface area contributed by atoms with Crippen LogP contribution in [0.4, 0.5) is 10.5 Å². The molecule has 0 saturated carbocycles. The molecule has 0 spiro atoms. The lowest BCUT2D eigenvalue weighted by molar-refractivity contribution is -0.148. The van der Waals surface area contributed by atoms with Gasteiger partial charge in [0.15, 0.2) is 0 Å². The van der Waals surface area contributed by atoms with Gasteiger partial charge >= 0.3 is 6.09 Å². The van der Waals surface area contributed by atoms with E-state index in [1.807, 2.05) is 27.7 Å². The number of alkyl carbamates (subject to hydrolysis) is 1. The molecule has 0 bridgehead atoms. The predicted molar refractivity (Wildman–Crippen MR) is 325 cm³/mol. The van der Waals surface area contributed by atoms with Crippen LogP contribution in [0.3, 0.4) is 0 Å². The number of nitrogens with two attached hydrogens (primary N) is 1. The van der Waals surface area contributed by atoms with Gasteiger partial charge in [-0.3, -0.25) is 19.2 Å². The third kappa shape index (κ3) is 36.3. The Labute approximate surface area is 521 Å². The molecule has 1 unspecified atom stereocenters. The zero-order chi connectivity index (χ0) is 64.1. The molecule has 88 heavy (non-hydrogen) atoms. The van der Waals surface area contributed by atoms with Crippen molar-refractivity contribution in [3.8, 4) is 0 Å². The number of carbonyl (C=O) groups excluding carboxylic acids is 4. The monoisotopic (exact) mass is 1260 g/mol. The topological polar surface area (TPSA) is 315 Å². The van der Waals surface area contributed by atoms with Gasteiger partial charge in [0.1, 0.15) is 31.0 Å². The highest BCUT2D eigenvalue weighted by atomic mass is 16.7. The first-order chi connectivity index (χ1) is 42.3. The van der Waals surface area contributed by atoms with Crippen molar-refractivity contribution in [2.45, 2.75) is 118 Å². The summed E-state index contributed by atoms with van der Waals surface area (Å²) in [7, 11) is 0. The Morgan fingerprint density at radius 2 is 1.00 bits per heavy atom. The number of nitrogens with zero attached hydrogens (tertiary/aromatic N) is 4. The summed E-state index contributed by atoms with van der Waals surface area (Å²) in [4.78, 5) is 57.9. The van der Waals surface area contributed by atoms with Crippen molar-refractivity contribution in [2.75, 3.05) is 190 Å². The van der Waals surface area contributed by atoms with Crippen molar-refractivity contribution in [2.24, 2.45) is 17.1 Å². The fourth-order valence-corrected chi connectivity index (χ4v) is 7.90. The van der Waals surface area contributed by atoms with E-state index in [0.717, 1.165) is 0 Å². The molecular weight excluding hydrogens is 1150 g/mol. The summed E-state index contributed by atoms with van der Waals surface area (Å²) in [5.41, 5.74) is 7.16. The fourth-order valence-electron chi connectivity index (χ4n) is 7.90. The molecule has 1 aromatic carbocycles. The third-order valence-corrected chi connectivity index (χ3v) is 13.4. The van der Waals surface area contributed by atoms with Gasteiger partial charge in [0.2, 0.25) is 17.7 Å². The second kappa shape index (κ2) is 46.5. The van der Waals surface area contributed by atoms with Crippen molar-refractivity contribution in [3.63, 3.8) is 0 Å². The predicted octanol–water partition coefficient (Wildman–Crippen LogP) is 3.07. The van der Waals surface area contributed by atoms with Crippen LogP contribution in [0.1, 0.15) is 86.4 Å². The Hall–Kier alpha value is -4.60. The number of hydrogen-bond acceptors (Lipinski definition) is 23. The summed E-state index contributed by atoms with van der Waals surface area (Å²) in [6.45, 7) is 31.4. The van der Waals surface area contributed by atoms with Crippen LogP contribution in [0.15, 0.2) is 30.5 Å². The summed E-state index contributed by atoms with van der Waals surface area (Å²) in [5, 5.41) is 21.0. The molecule has 3 rings (SSSR count). The molecule has 4 amide bonds. The van der Waals surface area contributed by atoms with Gasteiger partial charge in [-0.05, 0) is 76.1 Å². The number of anilines is 1. The van der Waals surface area contributed by atoms with Gasteiger partial charge in [0.05, 0.1) is 202 Å². The number of aromatic nitrogens is 3. The molecule has 1 aliphatic rings. The zero-order valence-corrected chi connectivity index (χ0v) is 54.1. The molecule has 506 valence electrons. The lowest BCUT2D eigenvalue weighted by atomic mass is 9.99. The maximum Gasteiger partial charge on any atom is 0.407 e. The van der Waals surface area contributed by atoms with E-state index in [0.29, 0.717) is 208 Å². The Bertz CT molecular complexity index is 2120. The molecule has 1 aromatic heterocycles. The molecule has 2 aromatic rings. The molecule has 0 aliphatic carbocycles. The van der Waals surface area contributed by atoms with Crippen LogP contribution < -0.4 is 27.0 Å². The minimum Gasteiger partial charge on any atom is -0.445 e. The molecular formula is C60H107N9O19. The van der Waals surface area contributed by atoms with Gasteiger partial charge in [-0.1, -0.05) is 52.0 Å². The highest BCUT2D eigenvalue weighted by Crippen LogP contribution is 2.50. The van der Waals surface area contributed by atoms with Crippen LogP contribution in [-0.4, -0.2) is 252 Å². The SMILES string of the molecule is CC(C)[C@H](NC(=O)CON1C(C)(C)C1(C)C)C(=O)NC(CCCN)C(=O)Nc1ccc(COC(=O)NCc2cn(CCOCCOCCOCCOCCOCCOCCOCCOCCOCCOCCOCCOCCOCC(C)(C)C)nn2)cc1. The first-order valence-corrected chi connectivity index (χ1v) is 30.8. The Balaban J connectivity index is 1.06. The lowest BCUT2D eigenvalue weighted by Crippen LogP contribution is -2.55. The van der Waals surface area contributed by atoms with Gasteiger partial charge in [0, 0.05) is 5.69 Å². The highest BCUT2D eigenvalue weighted by molar-refractivity contribution is 5.98. The van der Waals surface area contributed by atoms with E-state index in [1.165, 1.54) is 0 Å². The van der Waals surface area contributed by atoms with E-state index in [9.17, 15) is 19.2 Å². The van der Waals surface area contributed by atoms with Gasteiger partial charge in [-0.2, -0.15) is 5.06 Å². The van der Waals surface area contributed by atoms with E-state index in [1.54, 1.807) is 54.1 Å². The number of hydroxylamine groups is 2. The minimum absolute atomic E-state index is 0.0258. The number of amides is 4. The van der Waals surface area contributed by atoms with Crippen LogP contribution >= 0.6 is 0 Å². The quantitative estimate of drug-likeness (QED) is 0.0469. The largest absolute Gasteiger partial charge is 0.445 e. The number of hydrogen-bond donors (Lipinski definition) is 5. The third-order valence-electron chi connectivity index (χ3n) is 13.4. The van der Waals surface area contributed by atoms with Crippen LogP contribution in [0.25, 0.3) is 0 Å².